The smallest absolute Gasteiger partial charge is 0.264 e. The number of aryl methyl sites for hydroxylation is 1. The summed E-state index contributed by atoms with van der Waals surface area (Å²) < 4.78 is 25.4. The third-order valence-corrected chi connectivity index (χ3v) is 14.9. The molecule has 58 heavy (non-hydrogen) atoms. The Kier molecular flexibility index (Phi) is 11.3. The molecule has 5 heterocycles. The first-order chi connectivity index (χ1) is 28.0. The van der Waals surface area contributed by atoms with E-state index in [1.165, 1.54) is 0 Å². The van der Waals surface area contributed by atoms with Crippen LogP contribution in [0.25, 0.3) is 0 Å². The highest BCUT2D eigenvalue weighted by molar-refractivity contribution is 6.72. The summed E-state index contributed by atoms with van der Waals surface area (Å²) in [6.07, 6.45) is 5.00. The molecular formula is C43H53FN8O5Si. The van der Waals surface area contributed by atoms with Crippen molar-refractivity contribution in [1.82, 2.24) is 25.6 Å². The van der Waals surface area contributed by atoms with Crippen LogP contribution in [0.2, 0.25) is 18.6 Å². The second kappa shape index (κ2) is 16.5. The monoisotopic (exact) mass is 808 g/mol. The van der Waals surface area contributed by atoms with Crippen molar-refractivity contribution in [1.29, 1.82) is 0 Å². The number of ether oxygens (including phenoxy) is 1. The Morgan fingerprint density at radius 1 is 0.983 bits per heavy atom. The average molecular weight is 809 g/mol. The van der Waals surface area contributed by atoms with E-state index in [1.54, 1.807) is 28.7 Å². The maximum Gasteiger partial charge on any atom is 0.264 e. The van der Waals surface area contributed by atoms with Crippen molar-refractivity contribution < 1.29 is 28.3 Å². The predicted molar refractivity (Wildman–Crippen MR) is 221 cm³/mol. The Hall–Kier alpha value is -4.80. The molecule has 0 bridgehead atoms. The largest absolute Gasteiger partial charge is 0.395 e. The van der Waals surface area contributed by atoms with Gasteiger partial charge in [0.2, 0.25) is 20.2 Å². The molecule has 3 fully saturated rings. The summed E-state index contributed by atoms with van der Waals surface area (Å²) in [4.78, 5) is 42.8. The number of nitrogens with one attached hydrogen (secondary N) is 4. The van der Waals surface area contributed by atoms with Crippen LogP contribution < -0.4 is 26.2 Å². The van der Waals surface area contributed by atoms with Gasteiger partial charge >= 0.3 is 0 Å². The molecule has 3 saturated heterocycles. The molecule has 1 aromatic heterocycles. The first-order valence-corrected chi connectivity index (χ1v) is 23.5. The van der Waals surface area contributed by atoms with Gasteiger partial charge in [-0.15, -0.1) is 5.10 Å². The number of aliphatic hydroxyl groups is 1. The number of nitrogens with zero attached hydrogens (tertiary/aromatic N) is 4. The number of aliphatic hydroxyl groups excluding tert-OH is 1. The van der Waals surface area contributed by atoms with Crippen LogP contribution in [0.4, 0.5) is 21.2 Å². The van der Waals surface area contributed by atoms with Gasteiger partial charge in [-0.05, 0) is 99.7 Å². The molecular weight excluding hydrogens is 756 g/mol. The van der Waals surface area contributed by atoms with Crippen LogP contribution in [0, 0.1) is 5.92 Å². The van der Waals surface area contributed by atoms with Crippen molar-refractivity contribution in [2.45, 2.75) is 100 Å². The molecule has 13 nitrogen and oxygen atoms in total. The van der Waals surface area contributed by atoms with E-state index in [0.717, 1.165) is 49.9 Å². The number of amides is 3. The van der Waals surface area contributed by atoms with Crippen molar-refractivity contribution in [2.75, 3.05) is 35.2 Å². The number of aromatic nitrogens is 3. The molecule has 8 rings (SSSR count). The number of halogens is 1. The Morgan fingerprint density at radius 3 is 2.26 bits per heavy atom. The Labute approximate surface area is 339 Å². The lowest BCUT2D eigenvalue weighted by molar-refractivity contribution is -0.146. The fourth-order valence-corrected chi connectivity index (χ4v) is 12.1. The number of benzene rings is 3. The molecule has 4 aromatic rings. The van der Waals surface area contributed by atoms with E-state index >= 15 is 8.90 Å². The number of carbonyl (C=O) groups excluding carboxylic acids is 3. The summed E-state index contributed by atoms with van der Waals surface area (Å²) in [5.41, 5.74) is 2.82. The van der Waals surface area contributed by atoms with Crippen molar-refractivity contribution >= 4 is 43.2 Å². The minimum absolute atomic E-state index is 0.0657. The summed E-state index contributed by atoms with van der Waals surface area (Å²) in [6, 6.07) is 22.1. The lowest BCUT2D eigenvalue weighted by Gasteiger charge is -2.31. The third-order valence-electron chi connectivity index (χ3n) is 12.5. The number of anilines is 3. The van der Waals surface area contributed by atoms with Crippen LogP contribution >= 0.6 is 0 Å². The quantitative estimate of drug-likeness (QED) is 0.0904. The molecule has 306 valence electrons. The Morgan fingerprint density at radius 2 is 1.64 bits per heavy atom. The zero-order chi connectivity index (χ0) is 40.6. The summed E-state index contributed by atoms with van der Waals surface area (Å²) in [5.74, 6) is -1.35. The zero-order valence-corrected chi connectivity index (χ0v) is 34.3. The van der Waals surface area contributed by atoms with Gasteiger partial charge in [0.05, 0.1) is 48.6 Å². The Bertz CT molecular complexity index is 2120. The number of fused-ring (bicyclic) bond motifs is 2. The van der Waals surface area contributed by atoms with E-state index in [1.807, 2.05) is 79.9 Å². The minimum atomic E-state index is -3.47. The highest BCUT2D eigenvalue weighted by atomic mass is 28.4. The van der Waals surface area contributed by atoms with E-state index in [9.17, 15) is 14.7 Å². The Balaban J connectivity index is 1.08. The van der Waals surface area contributed by atoms with Crippen molar-refractivity contribution in [3.63, 3.8) is 0 Å². The van der Waals surface area contributed by atoms with Crippen LogP contribution in [0.15, 0.2) is 79.0 Å². The van der Waals surface area contributed by atoms with E-state index in [-0.39, 0.29) is 48.9 Å². The molecule has 3 amide bonds. The molecule has 0 saturated carbocycles. The predicted octanol–water partition coefficient (Wildman–Crippen LogP) is 5.20. The second-order valence-corrected chi connectivity index (χ2v) is 20.5. The number of carbonyl (C=O) groups is 3. The summed E-state index contributed by atoms with van der Waals surface area (Å²) >= 11 is 0. The van der Waals surface area contributed by atoms with Crippen LogP contribution in [0.5, 0.6) is 0 Å². The van der Waals surface area contributed by atoms with Gasteiger partial charge in [-0.3, -0.25) is 19.1 Å². The first kappa shape index (κ1) is 40.0. The SMILES string of the molecule is C[C@@H]1[C@@H]([Si](C)(C)F)[C@H](CCn2cc(C(CO)c3ccccc3)nn2)O[C@@]12C(=O)N(Cc1ccc(NC(=O)[C@H]3CCCN3)cc1)c1ccc(NC(=O)[C@H]3CCCN3)cc12. The van der Waals surface area contributed by atoms with E-state index < -0.39 is 31.6 Å². The van der Waals surface area contributed by atoms with Crippen LogP contribution in [-0.2, 0) is 37.8 Å². The second-order valence-electron chi connectivity index (χ2n) is 16.7. The molecule has 5 N–H and O–H groups in total. The molecule has 0 radical (unpaired) electrons. The molecule has 1 spiro atoms. The van der Waals surface area contributed by atoms with Gasteiger partial charge in [0.15, 0.2) is 5.60 Å². The molecule has 1 unspecified atom stereocenters. The van der Waals surface area contributed by atoms with E-state index in [2.05, 4.69) is 31.6 Å². The van der Waals surface area contributed by atoms with Crippen LogP contribution in [0.1, 0.15) is 67.3 Å². The topological polar surface area (TPSA) is 163 Å². The van der Waals surface area contributed by atoms with Gasteiger partial charge in [0, 0.05) is 41.1 Å². The fraction of sp³-hybridized carbons (Fsp3) is 0.465. The number of rotatable bonds is 13. The van der Waals surface area contributed by atoms with Crippen molar-refractivity contribution in [3.8, 4) is 0 Å². The maximum atomic E-state index is 16.7. The number of hydrogen-bond acceptors (Lipinski definition) is 9. The summed E-state index contributed by atoms with van der Waals surface area (Å²) in [5, 5.41) is 31.5. The standard InChI is InChI=1S/C43H53FN8O5Si/c1-27-39(58(2,3)44)38(19-22-51-25-36(49-50-51)32(26-53)29-9-5-4-6-10-29)57-43(27)33-23-31(48-41(55)35-12-8-21-46-35)17-18-37(33)52(42(43)56)24-28-13-15-30(16-14-28)47-40(54)34-11-7-20-45-34/h4-6,9-10,13-18,23,25,27,32,34-35,38-39,45-46,53H,7-8,11-12,19-22,24,26H2,1-3H3,(H,47,54)(H,48,55)/t27-,32?,34-,35-,38+,39-,43+/m1/s1. The molecule has 7 atom stereocenters. The molecule has 4 aliphatic heterocycles. The molecule has 3 aromatic carbocycles. The molecule has 0 aliphatic carbocycles. The van der Waals surface area contributed by atoms with Crippen molar-refractivity contribution in [3.05, 3.63) is 101 Å². The highest BCUT2D eigenvalue weighted by Crippen LogP contribution is 2.60. The minimum Gasteiger partial charge on any atom is -0.395 e. The highest BCUT2D eigenvalue weighted by Gasteiger charge is 2.66. The maximum absolute atomic E-state index is 16.7. The average Bonchev–Trinajstić information content (AvgIpc) is 4.06. The van der Waals surface area contributed by atoms with E-state index in [4.69, 9.17) is 4.74 Å². The molecule has 4 aliphatic rings. The lowest BCUT2D eigenvalue weighted by Crippen LogP contribution is -2.45. The van der Waals surface area contributed by atoms with Gasteiger partial charge in [0.25, 0.3) is 5.91 Å². The summed E-state index contributed by atoms with van der Waals surface area (Å²) in [6.45, 7) is 7.34. The van der Waals surface area contributed by atoms with Crippen molar-refractivity contribution in [2.24, 2.45) is 5.92 Å². The fourth-order valence-electron chi connectivity index (χ4n) is 9.60. The van der Waals surface area contributed by atoms with Gasteiger partial charge < -0.3 is 40.1 Å². The first-order valence-electron chi connectivity index (χ1n) is 20.5. The number of hydrogen-bond donors (Lipinski definition) is 5. The summed E-state index contributed by atoms with van der Waals surface area (Å²) in [7, 11) is -3.47. The molecule has 15 heteroatoms. The lowest BCUT2D eigenvalue weighted by atomic mass is 9.82. The van der Waals surface area contributed by atoms with Gasteiger partial charge in [0.1, 0.15) is 0 Å². The zero-order valence-electron chi connectivity index (χ0n) is 33.3. The normalized spacial score (nSPS) is 26.0. The van der Waals surface area contributed by atoms with Crippen LogP contribution in [0.3, 0.4) is 0 Å². The van der Waals surface area contributed by atoms with E-state index in [0.29, 0.717) is 41.3 Å². The van der Waals surface area contributed by atoms with Crippen LogP contribution in [-0.4, -0.2) is 84.1 Å². The third kappa shape index (κ3) is 7.73. The van der Waals surface area contributed by atoms with Gasteiger partial charge in [-0.1, -0.05) is 54.6 Å². The van der Waals surface area contributed by atoms with Gasteiger partial charge in [-0.25, -0.2) is 0 Å². The van der Waals surface area contributed by atoms with Gasteiger partial charge in [-0.2, -0.15) is 0 Å².